The van der Waals surface area contributed by atoms with Crippen molar-refractivity contribution in [1.29, 1.82) is 0 Å². The fourth-order valence-corrected chi connectivity index (χ4v) is 4.66. The van der Waals surface area contributed by atoms with Gasteiger partial charge in [-0.2, -0.15) is 0 Å². The summed E-state index contributed by atoms with van der Waals surface area (Å²) in [5.41, 5.74) is -0.425. The number of likely N-dealkylation sites (N-methyl/N-ethyl adjacent to an activating group) is 1. The number of hydrogen-bond donors (Lipinski definition) is 4. The second-order valence-electron chi connectivity index (χ2n) is 9.25. The SMILES string of the molecule is CN(C(=O)C1CCCN1)c1c(NC(Cc2ccc(Nc3nccc4cnccc34)cc2)C(=O)O)c(=O)c1=O. The van der Waals surface area contributed by atoms with Crippen molar-refractivity contribution in [2.75, 3.05) is 29.1 Å². The van der Waals surface area contributed by atoms with Crippen LogP contribution in [-0.2, 0) is 16.0 Å². The topological polar surface area (TPSA) is 154 Å². The Bertz CT molecular complexity index is 1570. The second kappa shape index (κ2) is 10.4. The summed E-state index contributed by atoms with van der Waals surface area (Å²) in [5.74, 6) is -0.849. The van der Waals surface area contributed by atoms with Crippen molar-refractivity contribution in [3.63, 3.8) is 0 Å². The van der Waals surface area contributed by atoms with E-state index in [0.717, 1.165) is 27.8 Å². The molecule has 2 atom stereocenters. The number of anilines is 4. The maximum Gasteiger partial charge on any atom is 0.326 e. The standard InChI is InChI=1S/C27H26N6O5/c1-33(26(36)19-3-2-10-29-19)22-21(23(34)24(22)35)32-20(27(37)38)13-15-4-6-17(7-5-15)31-25-18-9-11-28-14-16(18)8-12-30-25/h4-9,11-12,14,19-20,29,32H,2-3,10,13H2,1H3,(H,30,31)(H,37,38). The van der Waals surface area contributed by atoms with Gasteiger partial charge in [0, 0.05) is 48.5 Å². The summed E-state index contributed by atoms with van der Waals surface area (Å²) in [6.07, 6.45) is 6.66. The van der Waals surface area contributed by atoms with E-state index < -0.39 is 28.9 Å². The predicted molar refractivity (Wildman–Crippen MR) is 144 cm³/mol. The van der Waals surface area contributed by atoms with E-state index in [1.807, 2.05) is 12.1 Å². The Morgan fingerprint density at radius 2 is 1.92 bits per heavy atom. The Labute approximate surface area is 217 Å². The molecular weight excluding hydrogens is 488 g/mol. The van der Waals surface area contributed by atoms with Crippen LogP contribution in [0.5, 0.6) is 0 Å². The molecule has 0 aliphatic carbocycles. The molecule has 1 aliphatic rings. The Morgan fingerprint density at radius 3 is 2.63 bits per heavy atom. The first-order chi connectivity index (χ1) is 18.3. The third-order valence-corrected chi connectivity index (χ3v) is 6.75. The minimum absolute atomic E-state index is 0.0495. The van der Waals surface area contributed by atoms with Gasteiger partial charge in [0.15, 0.2) is 0 Å². The molecule has 38 heavy (non-hydrogen) atoms. The van der Waals surface area contributed by atoms with E-state index in [2.05, 4.69) is 25.9 Å². The Balaban J connectivity index is 1.30. The van der Waals surface area contributed by atoms with Crippen molar-refractivity contribution in [2.24, 2.45) is 0 Å². The van der Waals surface area contributed by atoms with Crippen LogP contribution in [0.25, 0.3) is 10.8 Å². The van der Waals surface area contributed by atoms with Crippen LogP contribution in [0.2, 0.25) is 0 Å². The van der Waals surface area contributed by atoms with Crippen molar-refractivity contribution in [3.8, 4) is 0 Å². The molecule has 4 N–H and O–H groups in total. The minimum Gasteiger partial charge on any atom is -0.480 e. The van der Waals surface area contributed by atoms with Crippen LogP contribution in [0, 0.1) is 0 Å². The molecule has 0 saturated carbocycles. The molecule has 0 radical (unpaired) electrons. The van der Waals surface area contributed by atoms with Crippen LogP contribution in [0.3, 0.4) is 0 Å². The summed E-state index contributed by atoms with van der Waals surface area (Å²) in [4.78, 5) is 59.0. The van der Waals surface area contributed by atoms with Gasteiger partial charge in [0.25, 0.3) is 10.9 Å². The number of carboxylic acids is 1. The first-order valence-corrected chi connectivity index (χ1v) is 12.2. The number of aliphatic carboxylic acids is 1. The molecule has 0 spiro atoms. The average Bonchev–Trinajstić information content (AvgIpc) is 3.47. The normalized spacial score (nSPS) is 15.9. The number of nitrogens with zero attached hydrogens (tertiary/aromatic N) is 3. The molecule has 194 valence electrons. The third kappa shape index (κ3) is 4.83. The monoisotopic (exact) mass is 514 g/mol. The van der Waals surface area contributed by atoms with Crippen LogP contribution < -0.4 is 31.7 Å². The number of carboxylic acid groups (broad SMARTS) is 1. The lowest BCUT2D eigenvalue weighted by molar-refractivity contribution is -0.137. The Morgan fingerprint density at radius 1 is 1.13 bits per heavy atom. The van der Waals surface area contributed by atoms with Crippen molar-refractivity contribution in [3.05, 3.63) is 81.0 Å². The third-order valence-electron chi connectivity index (χ3n) is 6.75. The highest BCUT2D eigenvalue weighted by Crippen LogP contribution is 2.25. The number of carbonyl (C=O) groups excluding carboxylic acids is 1. The zero-order valence-electron chi connectivity index (χ0n) is 20.6. The summed E-state index contributed by atoms with van der Waals surface area (Å²) >= 11 is 0. The van der Waals surface area contributed by atoms with E-state index >= 15 is 0 Å². The van der Waals surface area contributed by atoms with Crippen LogP contribution >= 0.6 is 0 Å². The van der Waals surface area contributed by atoms with Crippen LogP contribution in [0.1, 0.15) is 18.4 Å². The summed E-state index contributed by atoms with van der Waals surface area (Å²) in [6.45, 7) is 0.701. The van der Waals surface area contributed by atoms with Gasteiger partial charge >= 0.3 is 5.97 Å². The Kier molecular flexibility index (Phi) is 6.84. The quantitative estimate of drug-likeness (QED) is 0.243. The van der Waals surface area contributed by atoms with Crippen molar-refractivity contribution < 1.29 is 14.7 Å². The summed E-state index contributed by atoms with van der Waals surface area (Å²) in [7, 11) is 1.42. The number of hydrogen-bond acceptors (Lipinski definition) is 9. The average molecular weight is 515 g/mol. The van der Waals surface area contributed by atoms with Gasteiger partial charge in [-0.25, -0.2) is 9.78 Å². The van der Waals surface area contributed by atoms with Gasteiger partial charge < -0.3 is 26.0 Å². The number of carbonyl (C=O) groups is 2. The molecule has 1 amide bonds. The second-order valence-corrected chi connectivity index (χ2v) is 9.25. The van der Waals surface area contributed by atoms with Crippen molar-refractivity contribution in [1.82, 2.24) is 15.3 Å². The van der Waals surface area contributed by atoms with Crippen molar-refractivity contribution >= 4 is 45.5 Å². The molecular formula is C27H26N6O5. The zero-order chi connectivity index (χ0) is 26.8. The van der Waals surface area contributed by atoms with Gasteiger partial charge in [-0.15, -0.1) is 0 Å². The van der Waals surface area contributed by atoms with E-state index in [0.29, 0.717) is 24.3 Å². The molecule has 1 fully saturated rings. The van der Waals surface area contributed by atoms with Gasteiger partial charge in [-0.3, -0.25) is 19.4 Å². The maximum atomic E-state index is 12.7. The largest absolute Gasteiger partial charge is 0.480 e. The molecule has 2 unspecified atom stereocenters. The van der Waals surface area contributed by atoms with Crippen LogP contribution in [-0.4, -0.2) is 52.6 Å². The summed E-state index contributed by atoms with van der Waals surface area (Å²) in [5, 5.41) is 20.7. The summed E-state index contributed by atoms with van der Waals surface area (Å²) in [6, 6.07) is 9.29. The fourth-order valence-electron chi connectivity index (χ4n) is 4.66. The van der Waals surface area contributed by atoms with Gasteiger partial charge in [0.2, 0.25) is 5.91 Å². The molecule has 2 aromatic heterocycles. The summed E-state index contributed by atoms with van der Waals surface area (Å²) < 4.78 is 0. The van der Waals surface area contributed by atoms with E-state index in [4.69, 9.17) is 0 Å². The molecule has 0 bridgehead atoms. The van der Waals surface area contributed by atoms with Gasteiger partial charge in [-0.1, -0.05) is 12.1 Å². The molecule has 1 saturated heterocycles. The number of fused-ring (bicyclic) bond motifs is 1. The number of rotatable bonds is 9. The molecule has 2 aromatic carbocycles. The van der Waals surface area contributed by atoms with E-state index in [1.165, 1.54) is 7.05 Å². The predicted octanol–water partition coefficient (Wildman–Crippen LogP) is 1.79. The van der Waals surface area contributed by atoms with E-state index in [1.54, 1.807) is 42.9 Å². The van der Waals surface area contributed by atoms with E-state index in [9.17, 15) is 24.3 Å². The van der Waals surface area contributed by atoms with Gasteiger partial charge in [0.1, 0.15) is 23.2 Å². The molecule has 3 heterocycles. The first kappa shape index (κ1) is 25.0. The highest BCUT2D eigenvalue weighted by Gasteiger charge is 2.34. The number of amides is 1. The number of benzene rings is 1. The molecule has 11 heteroatoms. The molecule has 1 aliphatic heterocycles. The van der Waals surface area contributed by atoms with Crippen LogP contribution in [0.4, 0.5) is 22.9 Å². The number of nitrogens with one attached hydrogen (secondary N) is 3. The first-order valence-electron chi connectivity index (χ1n) is 12.2. The molecule has 5 rings (SSSR count). The zero-order valence-corrected chi connectivity index (χ0v) is 20.6. The maximum absolute atomic E-state index is 12.7. The Hall–Kier alpha value is -4.64. The van der Waals surface area contributed by atoms with Gasteiger partial charge in [0.05, 0.1) is 6.04 Å². The highest BCUT2D eigenvalue weighted by atomic mass is 16.4. The minimum atomic E-state index is -1.19. The lowest BCUT2D eigenvalue weighted by Gasteiger charge is -2.26. The highest BCUT2D eigenvalue weighted by molar-refractivity contribution is 6.01. The molecule has 11 nitrogen and oxygen atoms in total. The lowest BCUT2D eigenvalue weighted by atomic mass is 10.0. The molecule has 4 aromatic rings. The smallest absolute Gasteiger partial charge is 0.326 e. The van der Waals surface area contributed by atoms with Gasteiger partial charge in [-0.05, 0) is 49.2 Å². The van der Waals surface area contributed by atoms with Crippen LogP contribution in [0.15, 0.2) is 64.6 Å². The number of pyridine rings is 2. The lowest BCUT2D eigenvalue weighted by Crippen LogP contribution is -2.49. The van der Waals surface area contributed by atoms with Crippen molar-refractivity contribution in [2.45, 2.75) is 31.3 Å². The van der Waals surface area contributed by atoms with E-state index in [-0.39, 0.29) is 23.7 Å². The number of aromatic nitrogens is 2. The fraction of sp³-hybridized carbons (Fsp3) is 0.259.